The summed E-state index contributed by atoms with van der Waals surface area (Å²) < 4.78 is 5.18. The number of anilines is 1. The molecule has 0 aliphatic heterocycles. The van der Waals surface area contributed by atoms with Crippen LogP contribution in [-0.4, -0.2) is 32.8 Å². The third kappa shape index (κ3) is 4.22. The molecule has 0 radical (unpaired) electrons. The van der Waals surface area contributed by atoms with Gasteiger partial charge in [-0.1, -0.05) is 20.8 Å². The highest BCUT2D eigenvalue weighted by Gasteiger charge is 2.13. The maximum Gasteiger partial charge on any atom is 0.119 e. The summed E-state index contributed by atoms with van der Waals surface area (Å²) in [5.74, 6) is 0.903. The normalized spacial score (nSPS) is 12.6. The van der Waals surface area contributed by atoms with Gasteiger partial charge in [0.15, 0.2) is 0 Å². The number of ether oxygens (including phenoxy) is 1. The molecule has 3 heteroatoms. The van der Waals surface area contributed by atoms with Gasteiger partial charge in [-0.3, -0.25) is 0 Å². The molecule has 0 bridgehead atoms. The van der Waals surface area contributed by atoms with Crippen molar-refractivity contribution in [3.8, 4) is 5.75 Å². The summed E-state index contributed by atoms with van der Waals surface area (Å²) in [6, 6.07) is 9.28. The highest BCUT2D eigenvalue weighted by molar-refractivity contribution is 5.49. The van der Waals surface area contributed by atoms with Gasteiger partial charge < -0.3 is 15.0 Å². The Morgan fingerprint density at radius 2 is 1.83 bits per heavy atom. The van der Waals surface area contributed by atoms with E-state index in [9.17, 15) is 0 Å². The minimum atomic E-state index is 0.515. The van der Waals surface area contributed by atoms with Gasteiger partial charge in [-0.2, -0.15) is 0 Å². The van der Waals surface area contributed by atoms with Gasteiger partial charge in [-0.25, -0.2) is 0 Å². The van der Waals surface area contributed by atoms with Crippen LogP contribution in [0.4, 0.5) is 5.69 Å². The van der Waals surface area contributed by atoms with Crippen LogP contribution in [0.5, 0.6) is 5.75 Å². The van der Waals surface area contributed by atoms with E-state index in [0.717, 1.165) is 18.7 Å². The van der Waals surface area contributed by atoms with E-state index in [1.807, 2.05) is 12.1 Å². The summed E-state index contributed by atoms with van der Waals surface area (Å²) >= 11 is 0. The molecule has 0 heterocycles. The second kappa shape index (κ2) is 7.27. The van der Waals surface area contributed by atoms with E-state index < -0.39 is 0 Å². The average molecular weight is 250 g/mol. The van der Waals surface area contributed by atoms with E-state index >= 15 is 0 Å². The van der Waals surface area contributed by atoms with Crippen molar-refractivity contribution in [2.24, 2.45) is 0 Å². The van der Waals surface area contributed by atoms with Crippen LogP contribution in [0.2, 0.25) is 0 Å². The average Bonchev–Trinajstić information content (AvgIpc) is 2.39. The molecule has 1 N–H and O–H groups in total. The second-order valence-corrected chi connectivity index (χ2v) is 4.93. The summed E-state index contributed by atoms with van der Waals surface area (Å²) in [5.41, 5.74) is 1.23. The van der Waals surface area contributed by atoms with Crippen LogP contribution in [-0.2, 0) is 0 Å². The van der Waals surface area contributed by atoms with E-state index in [0.29, 0.717) is 12.1 Å². The third-order valence-corrected chi connectivity index (χ3v) is 3.26. The Bertz CT molecular complexity index is 335. The standard InChI is InChI=1S/C15H26N2O/c1-6-13(11-16-12(2)3)17(4)14-7-9-15(18-5)10-8-14/h7-10,12-13,16H,6,11H2,1-5H3. The number of rotatable bonds is 7. The SMILES string of the molecule is CCC(CNC(C)C)N(C)c1ccc(OC)cc1. The molecule has 102 valence electrons. The van der Waals surface area contributed by atoms with Crippen molar-refractivity contribution < 1.29 is 4.74 Å². The molecular weight excluding hydrogens is 224 g/mol. The van der Waals surface area contributed by atoms with E-state index in [2.05, 4.69) is 50.2 Å². The van der Waals surface area contributed by atoms with Gasteiger partial charge in [0.25, 0.3) is 0 Å². The minimum Gasteiger partial charge on any atom is -0.497 e. The quantitative estimate of drug-likeness (QED) is 0.805. The van der Waals surface area contributed by atoms with Crippen LogP contribution in [0.15, 0.2) is 24.3 Å². The number of methoxy groups -OCH3 is 1. The molecule has 18 heavy (non-hydrogen) atoms. The molecule has 0 aliphatic carbocycles. The molecule has 0 amide bonds. The first-order valence-electron chi connectivity index (χ1n) is 6.68. The molecule has 0 saturated carbocycles. The second-order valence-electron chi connectivity index (χ2n) is 4.93. The molecule has 0 aromatic heterocycles. The van der Waals surface area contributed by atoms with Crippen LogP contribution in [0.1, 0.15) is 27.2 Å². The number of hydrogen-bond acceptors (Lipinski definition) is 3. The van der Waals surface area contributed by atoms with Crippen LogP contribution < -0.4 is 15.0 Å². The Kier molecular flexibility index (Phi) is 5.99. The maximum absolute atomic E-state index is 5.18. The van der Waals surface area contributed by atoms with E-state index in [1.165, 1.54) is 5.69 Å². The van der Waals surface area contributed by atoms with Crippen LogP contribution in [0.25, 0.3) is 0 Å². The van der Waals surface area contributed by atoms with E-state index in [1.54, 1.807) is 7.11 Å². The molecule has 1 aromatic rings. The summed E-state index contributed by atoms with van der Waals surface area (Å²) in [4.78, 5) is 2.33. The van der Waals surface area contributed by atoms with Gasteiger partial charge in [0.1, 0.15) is 5.75 Å². The zero-order chi connectivity index (χ0) is 13.5. The Morgan fingerprint density at radius 3 is 2.28 bits per heavy atom. The molecule has 0 fully saturated rings. The predicted octanol–water partition coefficient (Wildman–Crippen LogP) is 2.91. The zero-order valence-corrected chi connectivity index (χ0v) is 12.2. The van der Waals surface area contributed by atoms with Gasteiger partial charge in [0.2, 0.25) is 0 Å². The predicted molar refractivity (Wildman–Crippen MR) is 78.6 cm³/mol. The number of nitrogens with zero attached hydrogens (tertiary/aromatic N) is 1. The van der Waals surface area contributed by atoms with Gasteiger partial charge in [0, 0.05) is 31.4 Å². The first kappa shape index (κ1) is 14.8. The lowest BCUT2D eigenvalue weighted by Gasteiger charge is -2.30. The Hall–Kier alpha value is -1.22. The number of nitrogens with one attached hydrogen (secondary N) is 1. The van der Waals surface area contributed by atoms with Crippen LogP contribution >= 0.6 is 0 Å². The molecule has 1 atom stereocenters. The van der Waals surface area contributed by atoms with Gasteiger partial charge in [0.05, 0.1) is 7.11 Å². The molecule has 0 saturated heterocycles. The van der Waals surface area contributed by atoms with Crippen LogP contribution in [0.3, 0.4) is 0 Å². The molecule has 1 rings (SSSR count). The van der Waals surface area contributed by atoms with E-state index in [-0.39, 0.29) is 0 Å². The van der Waals surface area contributed by atoms with Crippen molar-refractivity contribution in [1.82, 2.24) is 5.32 Å². The lowest BCUT2D eigenvalue weighted by molar-refractivity contribution is 0.414. The lowest BCUT2D eigenvalue weighted by Crippen LogP contribution is -2.41. The van der Waals surface area contributed by atoms with Crippen molar-refractivity contribution in [2.45, 2.75) is 39.3 Å². The monoisotopic (exact) mass is 250 g/mol. The molecule has 3 nitrogen and oxygen atoms in total. The topological polar surface area (TPSA) is 24.5 Å². The summed E-state index contributed by atoms with van der Waals surface area (Å²) in [5, 5.41) is 3.50. The summed E-state index contributed by atoms with van der Waals surface area (Å²) in [6.07, 6.45) is 1.13. The largest absolute Gasteiger partial charge is 0.497 e. The van der Waals surface area contributed by atoms with Crippen LogP contribution in [0, 0.1) is 0 Å². The minimum absolute atomic E-state index is 0.515. The molecule has 1 aromatic carbocycles. The number of likely N-dealkylation sites (N-methyl/N-ethyl adjacent to an activating group) is 1. The third-order valence-electron chi connectivity index (χ3n) is 3.26. The fourth-order valence-electron chi connectivity index (χ4n) is 1.96. The number of benzene rings is 1. The first-order chi connectivity index (χ1) is 8.58. The highest BCUT2D eigenvalue weighted by atomic mass is 16.5. The molecular formula is C15H26N2O. The lowest BCUT2D eigenvalue weighted by atomic mass is 10.1. The van der Waals surface area contributed by atoms with Gasteiger partial charge in [-0.15, -0.1) is 0 Å². The first-order valence-corrected chi connectivity index (χ1v) is 6.68. The summed E-state index contributed by atoms with van der Waals surface area (Å²) in [6.45, 7) is 7.60. The van der Waals surface area contributed by atoms with Crippen molar-refractivity contribution >= 4 is 5.69 Å². The maximum atomic E-state index is 5.18. The molecule has 0 aliphatic rings. The Labute approximate surface area is 111 Å². The Balaban J connectivity index is 2.66. The fraction of sp³-hybridized carbons (Fsp3) is 0.600. The Morgan fingerprint density at radius 1 is 1.22 bits per heavy atom. The van der Waals surface area contributed by atoms with Gasteiger partial charge >= 0.3 is 0 Å². The molecule has 0 spiro atoms. The smallest absolute Gasteiger partial charge is 0.119 e. The fourth-order valence-corrected chi connectivity index (χ4v) is 1.96. The number of hydrogen-bond donors (Lipinski definition) is 1. The van der Waals surface area contributed by atoms with E-state index in [4.69, 9.17) is 4.74 Å². The van der Waals surface area contributed by atoms with Crippen molar-refractivity contribution in [3.63, 3.8) is 0 Å². The van der Waals surface area contributed by atoms with Crippen molar-refractivity contribution in [3.05, 3.63) is 24.3 Å². The van der Waals surface area contributed by atoms with Gasteiger partial charge in [-0.05, 0) is 30.7 Å². The summed E-state index contributed by atoms with van der Waals surface area (Å²) in [7, 11) is 3.85. The molecule has 1 unspecified atom stereocenters. The van der Waals surface area contributed by atoms with Crippen molar-refractivity contribution in [2.75, 3.05) is 25.6 Å². The van der Waals surface area contributed by atoms with Crippen molar-refractivity contribution in [1.29, 1.82) is 0 Å². The highest BCUT2D eigenvalue weighted by Crippen LogP contribution is 2.20. The zero-order valence-electron chi connectivity index (χ0n) is 12.2.